The van der Waals surface area contributed by atoms with Gasteiger partial charge in [-0.05, 0) is 49.4 Å². The average Bonchev–Trinajstić information content (AvgIpc) is 3.08. The molecule has 28 heavy (non-hydrogen) atoms. The zero-order valence-corrected chi connectivity index (χ0v) is 17.0. The van der Waals surface area contributed by atoms with Gasteiger partial charge in [-0.1, -0.05) is 6.07 Å². The molecule has 1 aromatic heterocycles. The molecular weight excluding hydrogens is 398 g/mol. The zero-order chi connectivity index (χ0) is 20.1. The van der Waals surface area contributed by atoms with Gasteiger partial charge >= 0.3 is 0 Å². The van der Waals surface area contributed by atoms with E-state index in [9.17, 15) is 13.2 Å². The first kappa shape index (κ1) is 19.8. The van der Waals surface area contributed by atoms with E-state index in [1.807, 2.05) is 12.3 Å². The lowest BCUT2D eigenvalue weighted by Crippen LogP contribution is -2.15. The molecule has 3 aromatic rings. The van der Waals surface area contributed by atoms with Gasteiger partial charge in [0.15, 0.2) is 4.80 Å². The molecular formula is C19H19N3O4S2. The third-order valence-corrected chi connectivity index (χ3v) is 5.99. The topological polar surface area (TPSA) is 89.8 Å². The Balaban J connectivity index is 1.84. The number of nitrogens with zero attached hydrogens (tertiary/aromatic N) is 2. The molecule has 3 rings (SSSR count). The maximum atomic E-state index is 12.7. The third kappa shape index (κ3) is 4.68. The van der Waals surface area contributed by atoms with Crippen LogP contribution in [0.1, 0.15) is 17.3 Å². The second kappa shape index (κ2) is 8.41. The highest BCUT2D eigenvalue weighted by molar-refractivity contribution is 7.92. The maximum absolute atomic E-state index is 12.7. The van der Waals surface area contributed by atoms with Crippen LogP contribution in [0.2, 0.25) is 0 Å². The van der Waals surface area contributed by atoms with Gasteiger partial charge in [0.1, 0.15) is 5.75 Å². The molecule has 0 aliphatic carbocycles. The van der Waals surface area contributed by atoms with E-state index in [0.29, 0.717) is 22.8 Å². The first-order valence-electron chi connectivity index (χ1n) is 8.44. The molecule has 1 amide bonds. The fourth-order valence-corrected chi connectivity index (χ4v) is 4.21. The normalized spacial score (nSPS) is 12.0. The van der Waals surface area contributed by atoms with Crippen LogP contribution in [0, 0.1) is 0 Å². The summed E-state index contributed by atoms with van der Waals surface area (Å²) < 4.78 is 34.9. The van der Waals surface area contributed by atoms with Gasteiger partial charge in [-0.2, -0.15) is 4.99 Å². The molecule has 0 bridgehead atoms. The van der Waals surface area contributed by atoms with Crippen molar-refractivity contribution in [2.24, 2.45) is 12.0 Å². The van der Waals surface area contributed by atoms with Crippen LogP contribution in [0.3, 0.4) is 0 Å². The fraction of sp³-hybridized carbons (Fsp3) is 0.158. The van der Waals surface area contributed by atoms with Crippen LogP contribution < -0.4 is 14.3 Å². The summed E-state index contributed by atoms with van der Waals surface area (Å²) >= 11 is 1.32. The minimum Gasteiger partial charge on any atom is -0.494 e. The predicted molar refractivity (Wildman–Crippen MR) is 108 cm³/mol. The van der Waals surface area contributed by atoms with E-state index in [4.69, 9.17) is 4.74 Å². The van der Waals surface area contributed by atoms with Crippen LogP contribution in [0.15, 0.2) is 70.0 Å². The van der Waals surface area contributed by atoms with Gasteiger partial charge in [-0.3, -0.25) is 9.52 Å². The van der Waals surface area contributed by atoms with Crippen molar-refractivity contribution in [3.05, 3.63) is 70.5 Å². The highest BCUT2D eigenvalue weighted by Gasteiger charge is 2.16. The second-order valence-electron chi connectivity index (χ2n) is 5.80. The SMILES string of the molecule is CCOc1ccc(NS(=O)(=O)c2cccc(C(=O)N=c3sccn3C)c2)cc1. The Hall–Kier alpha value is -2.91. The molecule has 7 nitrogen and oxygen atoms in total. The molecule has 0 radical (unpaired) electrons. The van der Waals surface area contributed by atoms with Crippen molar-refractivity contribution in [3.63, 3.8) is 0 Å². The van der Waals surface area contributed by atoms with Crippen LogP contribution in [0.25, 0.3) is 0 Å². The number of aromatic nitrogens is 1. The van der Waals surface area contributed by atoms with Gasteiger partial charge in [0.05, 0.1) is 11.5 Å². The molecule has 0 fully saturated rings. The number of anilines is 1. The number of benzene rings is 2. The number of carbonyl (C=O) groups excluding carboxylic acids is 1. The molecule has 9 heteroatoms. The van der Waals surface area contributed by atoms with Gasteiger partial charge in [-0.25, -0.2) is 8.42 Å². The van der Waals surface area contributed by atoms with Crippen LogP contribution in [-0.2, 0) is 17.1 Å². The number of amides is 1. The first-order valence-corrected chi connectivity index (χ1v) is 10.8. The predicted octanol–water partition coefficient (Wildman–Crippen LogP) is 3.03. The molecule has 0 saturated carbocycles. The smallest absolute Gasteiger partial charge is 0.279 e. The van der Waals surface area contributed by atoms with Crippen LogP contribution >= 0.6 is 11.3 Å². The van der Waals surface area contributed by atoms with E-state index in [1.165, 1.54) is 35.6 Å². The number of aryl methyl sites for hydroxylation is 1. The molecule has 0 unspecified atom stereocenters. The van der Waals surface area contributed by atoms with E-state index in [-0.39, 0.29) is 10.5 Å². The van der Waals surface area contributed by atoms with Crippen molar-refractivity contribution in [1.82, 2.24) is 4.57 Å². The zero-order valence-electron chi connectivity index (χ0n) is 15.3. The first-order chi connectivity index (χ1) is 13.4. The number of nitrogens with one attached hydrogen (secondary N) is 1. The summed E-state index contributed by atoms with van der Waals surface area (Å²) in [7, 11) is -2.07. The Labute approximate surface area is 167 Å². The van der Waals surface area contributed by atoms with Crippen LogP contribution in [0.5, 0.6) is 5.75 Å². The quantitative estimate of drug-likeness (QED) is 0.668. The minimum absolute atomic E-state index is 0.0158. The summed E-state index contributed by atoms with van der Waals surface area (Å²) in [5.41, 5.74) is 0.596. The molecule has 0 aliphatic heterocycles. The Morgan fingerprint density at radius 2 is 1.96 bits per heavy atom. The van der Waals surface area contributed by atoms with Crippen molar-refractivity contribution in [1.29, 1.82) is 0 Å². The summed E-state index contributed by atoms with van der Waals surface area (Å²) in [5.74, 6) is 0.151. The van der Waals surface area contributed by atoms with Crippen molar-refractivity contribution >= 4 is 33.0 Å². The van der Waals surface area contributed by atoms with E-state index in [0.717, 1.165) is 0 Å². The van der Waals surface area contributed by atoms with Crippen molar-refractivity contribution in [2.75, 3.05) is 11.3 Å². The third-order valence-electron chi connectivity index (χ3n) is 3.77. The van der Waals surface area contributed by atoms with Crippen molar-refractivity contribution < 1.29 is 17.9 Å². The Morgan fingerprint density at radius 1 is 1.21 bits per heavy atom. The van der Waals surface area contributed by atoms with Gasteiger partial charge in [-0.15, -0.1) is 11.3 Å². The number of hydrogen-bond donors (Lipinski definition) is 1. The molecule has 0 spiro atoms. The summed E-state index contributed by atoms with van der Waals surface area (Å²) in [6.07, 6.45) is 1.79. The highest BCUT2D eigenvalue weighted by atomic mass is 32.2. The van der Waals surface area contributed by atoms with Gasteiger partial charge in [0.25, 0.3) is 15.9 Å². The fourth-order valence-electron chi connectivity index (χ4n) is 2.38. The molecule has 146 valence electrons. The van der Waals surface area contributed by atoms with Crippen molar-refractivity contribution in [3.8, 4) is 5.75 Å². The molecule has 0 aliphatic rings. The highest BCUT2D eigenvalue weighted by Crippen LogP contribution is 2.20. The average molecular weight is 418 g/mol. The van der Waals surface area contributed by atoms with Crippen LogP contribution in [0.4, 0.5) is 5.69 Å². The number of rotatable bonds is 6. The standard InChI is InChI=1S/C19H19N3O4S2/c1-3-26-16-9-7-15(8-10-16)21-28(24,25)17-6-4-5-14(13-17)18(23)20-19-22(2)11-12-27-19/h4-13,21H,3H2,1-2H3. The van der Waals surface area contributed by atoms with Crippen molar-refractivity contribution in [2.45, 2.75) is 11.8 Å². The number of thiazole rings is 1. The van der Waals surface area contributed by atoms with E-state index in [2.05, 4.69) is 9.71 Å². The number of sulfonamides is 1. The lowest BCUT2D eigenvalue weighted by molar-refractivity contribution is 0.0997. The number of ether oxygens (including phenoxy) is 1. The lowest BCUT2D eigenvalue weighted by Gasteiger charge is -2.10. The van der Waals surface area contributed by atoms with Crippen LogP contribution in [-0.4, -0.2) is 25.5 Å². The largest absolute Gasteiger partial charge is 0.494 e. The summed E-state index contributed by atoms with van der Waals surface area (Å²) in [5, 5.41) is 1.81. The molecule has 2 aromatic carbocycles. The van der Waals surface area contributed by atoms with Gasteiger partial charge < -0.3 is 9.30 Å². The van der Waals surface area contributed by atoms with E-state index < -0.39 is 15.9 Å². The van der Waals surface area contributed by atoms with E-state index >= 15 is 0 Å². The number of hydrogen-bond acceptors (Lipinski definition) is 5. The molecule has 0 saturated heterocycles. The summed E-state index contributed by atoms with van der Waals surface area (Å²) in [6.45, 7) is 2.40. The Bertz CT molecular complexity index is 1150. The number of carbonyl (C=O) groups is 1. The summed E-state index contributed by atoms with van der Waals surface area (Å²) in [4.78, 5) is 17.0. The second-order valence-corrected chi connectivity index (χ2v) is 8.36. The Morgan fingerprint density at radius 3 is 2.61 bits per heavy atom. The molecule has 1 N–H and O–H groups in total. The van der Waals surface area contributed by atoms with Gasteiger partial charge in [0, 0.05) is 29.9 Å². The lowest BCUT2D eigenvalue weighted by atomic mass is 10.2. The minimum atomic E-state index is -3.85. The maximum Gasteiger partial charge on any atom is 0.279 e. The Kier molecular flexibility index (Phi) is 5.96. The molecule has 1 heterocycles. The van der Waals surface area contributed by atoms with Gasteiger partial charge in [0.2, 0.25) is 0 Å². The monoisotopic (exact) mass is 417 g/mol. The molecule has 0 atom stereocenters. The van der Waals surface area contributed by atoms with E-state index in [1.54, 1.807) is 42.1 Å². The summed E-state index contributed by atoms with van der Waals surface area (Å²) in [6, 6.07) is 12.4.